The van der Waals surface area contributed by atoms with E-state index in [1.807, 2.05) is 25.6 Å². The number of fused-ring (bicyclic) bond motifs is 1. The monoisotopic (exact) mass is 273 g/mol. The van der Waals surface area contributed by atoms with Crippen LogP contribution in [-0.2, 0) is 6.54 Å². The Morgan fingerprint density at radius 3 is 2.90 bits per heavy atom. The molecule has 2 aromatic rings. The molecule has 1 aromatic heterocycles. The summed E-state index contributed by atoms with van der Waals surface area (Å²) in [7, 11) is 1.96. The van der Waals surface area contributed by atoms with Crippen LogP contribution in [-0.4, -0.2) is 29.8 Å². The van der Waals surface area contributed by atoms with E-state index in [0.29, 0.717) is 6.61 Å². The normalized spacial score (nSPS) is 15.7. The minimum Gasteiger partial charge on any atom is -0.490 e. The molecule has 0 saturated carbocycles. The highest BCUT2D eigenvalue weighted by Gasteiger charge is 2.15. The van der Waals surface area contributed by atoms with Crippen LogP contribution in [0.4, 0.5) is 0 Å². The van der Waals surface area contributed by atoms with Gasteiger partial charge in [-0.3, -0.25) is 0 Å². The van der Waals surface area contributed by atoms with E-state index in [1.54, 1.807) is 6.20 Å². The Hall–Kier alpha value is -2.01. The third kappa shape index (κ3) is 2.77. The maximum atomic E-state index is 5.75. The number of nitrogens with zero attached hydrogens (tertiary/aromatic N) is 2. The first-order chi connectivity index (χ1) is 9.86. The van der Waals surface area contributed by atoms with Crippen LogP contribution in [0, 0.1) is 0 Å². The van der Waals surface area contributed by atoms with Crippen molar-refractivity contribution >= 4 is 0 Å². The first-order valence-electron chi connectivity index (χ1n) is 6.89. The summed E-state index contributed by atoms with van der Waals surface area (Å²) in [6.07, 6.45) is 6.51. The fourth-order valence-corrected chi connectivity index (χ4v) is 2.37. The smallest absolute Gasteiger partial charge is 0.161 e. The molecule has 1 aromatic carbocycles. The lowest BCUT2D eigenvalue weighted by Gasteiger charge is -2.18. The summed E-state index contributed by atoms with van der Waals surface area (Å²) in [6.45, 7) is 2.26. The minimum absolute atomic E-state index is 0.210. The second-order valence-corrected chi connectivity index (χ2v) is 4.86. The zero-order valence-electron chi connectivity index (χ0n) is 11.6. The topological polar surface area (TPSA) is 48.3 Å². The van der Waals surface area contributed by atoms with E-state index in [4.69, 9.17) is 9.47 Å². The lowest BCUT2D eigenvalue weighted by Crippen LogP contribution is -2.21. The van der Waals surface area contributed by atoms with Gasteiger partial charge in [-0.05, 0) is 24.7 Å². The Morgan fingerprint density at radius 2 is 2.15 bits per heavy atom. The summed E-state index contributed by atoms with van der Waals surface area (Å²) in [5, 5.41) is 3.33. The third-order valence-electron chi connectivity index (χ3n) is 3.47. The van der Waals surface area contributed by atoms with Crippen molar-refractivity contribution in [2.24, 2.45) is 0 Å². The highest BCUT2D eigenvalue weighted by molar-refractivity contribution is 5.44. The minimum atomic E-state index is 0.210. The van der Waals surface area contributed by atoms with Crippen LogP contribution >= 0.6 is 0 Å². The second-order valence-electron chi connectivity index (χ2n) is 4.86. The largest absolute Gasteiger partial charge is 0.490 e. The molecule has 106 valence electrons. The predicted molar refractivity (Wildman–Crippen MR) is 76.1 cm³/mol. The van der Waals surface area contributed by atoms with Gasteiger partial charge in [0.15, 0.2) is 11.5 Å². The van der Waals surface area contributed by atoms with E-state index >= 15 is 0 Å². The number of likely N-dealkylation sites (N-methyl/N-ethyl adjacent to an activating group) is 1. The summed E-state index contributed by atoms with van der Waals surface area (Å²) in [5.41, 5.74) is 1.19. The number of rotatable bonds is 4. The van der Waals surface area contributed by atoms with Gasteiger partial charge in [-0.15, -0.1) is 0 Å². The predicted octanol–water partition coefficient (Wildman–Crippen LogP) is 2.01. The summed E-state index contributed by atoms with van der Waals surface area (Å²) < 4.78 is 13.5. The van der Waals surface area contributed by atoms with E-state index in [0.717, 1.165) is 31.1 Å². The van der Waals surface area contributed by atoms with E-state index in [9.17, 15) is 0 Å². The van der Waals surface area contributed by atoms with E-state index in [2.05, 4.69) is 27.0 Å². The number of hydrogen-bond donors (Lipinski definition) is 1. The SMILES string of the molecule is CNC(Cn1ccnc1)c1ccc2c(c1)OCCCO2. The molecule has 5 nitrogen and oxygen atoms in total. The van der Waals surface area contributed by atoms with Gasteiger partial charge in [-0.2, -0.15) is 0 Å². The first-order valence-corrected chi connectivity index (χ1v) is 6.89. The van der Waals surface area contributed by atoms with Crippen molar-refractivity contribution in [3.63, 3.8) is 0 Å². The molecular formula is C15H19N3O2. The second kappa shape index (κ2) is 5.96. The molecule has 1 atom stereocenters. The molecule has 1 aliphatic heterocycles. The molecule has 1 N–H and O–H groups in total. The van der Waals surface area contributed by atoms with Crippen molar-refractivity contribution in [1.29, 1.82) is 0 Å². The molecule has 0 bridgehead atoms. The molecule has 2 heterocycles. The molecular weight excluding hydrogens is 254 g/mol. The van der Waals surface area contributed by atoms with Gasteiger partial charge in [-0.25, -0.2) is 4.98 Å². The number of benzene rings is 1. The number of hydrogen-bond acceptors (Lipinski definition) is 4. The number of imidazole rings is 1. The first kappa shape index (κ1) is 13.0. The Kier molecular flexibility index (Phi) is 3.87. The average molecular weight is 273 g/mol. The number of aromatic nitrogens is 2. The molecule has 1 unspecified atom stereocenters. The molecule has 5 heteroatoms. The van der Waals surface area contributed by atoms with E-state index in [1.165, 1.54) is 5.56 Å². The molecule has 0 amide bonds. The molecule has 0 fully saturated rings. The van der Waals surface area contributed by atoms with Crippen LogP contribution in [0.25, 0.3) is 0 Å². The standard InChI is InChI=1S/C15H19N3O2/c1-16-13(10-18-6-5-17-11-18)12-3-4-14-15(9-12)20-8-2-7-19-14/h3-6,9,11,13,16H,2,7-8,10H2,1H3. The number of ether oxygens (including phenoxy) is 2. The van der Waals surface area contributed by atoms with E-state index in [-0.39, 0.29) is 6.04 Å². The van der Waals surface area contributed by atoms with Crippen molar-refractivity contribution < 1.29 is 9.47 Å². The van der Waals surface area contributed by atoms with Crippen LogP contribution in [0.5, 0.6) is 11.5 Å². The van der Waals surface area contributed by atoms with Gasteiger partial charge in [-0.1, -0.05) is 6.07 Å². The molecule has 20 heavy (non-hydrogen) atoms. The van der Waals surface area contributed by atoms with Crippen LogP contribution < -0.4 is 14.8 Å². The van der Waals surface area contributed by atoms with Gasteiger partial charge < -0.3 is 19.4 Å². The van der Waals surface area contributed by atoms with Crippen LogP contribution in [0.1, 0.15) is 18.0 Å². The molecule has 0 radical (unpaired) electrons. The lowest BCUT2D eigenvalue weighted by atomic mass is 10.1. The molecule has 1 aliphatic rings. The van der Waals surface area contributed by atoms with E-state index < -0.39 is 0 Å². The zero-order chi connectivity index (χ0) is 13.8. The Bertz CT molecular complexity index is 554. The third-order valence-corrected chi connectivity index (χ3v) is 3.47. The van der Waals surface area contributed by atoms with Gasteiger partial charge in [0.1, 0.15) is 0 Å². The van der Waals surface area contributed by atoms with Gasteiger partial charge in [0.05, 0.1) is 25.6 Å². The van der Waals surface area contributed by atoms with Gasteiger partial charge in [0.25, 0.3) is 0 Å². The van der Waals surface area contributed by atoms with Crippen molar-refractivity contribution in [2.75, 3.05) is 20.3 Å². The quantitative estimate of drug-likeness (QED) is 0.925. The average Bonchev–Trinajstić information content (AvgIpc) is 2.87. The highest BCUT2D eigenvalue weighted by atomic mass is 16.5. The van der Waals surface area contributed by atoms with Crippen molar-refractivity contribution in [3.8, 4) is 11.5 Å². The lowest BCUT2D eigenvalue weighted by molar-refractivity contribution is 0.297. The maximum absolute atomic E-state index is 5.75. The van der Waals surface area contributed by atoms with Crippen molar-refractivity contribution in [3.05, 3.63) is 42.5 Å². The summed E-state index contributed by atoms with van der Waals surface area (Å²) in [4.78, 5) is 4.08. The fourth-order valence-electron chi connectivity index (χ4n) is 2.37. The van der Waals surface area contributed by atoms with Crippen molar-refractivity contribution in [1.82, 2.24) is 14.9 Å². The Balaban J connectivity index is 1.82. The number of nitrogens with one attached hydrogen (secondary N) is 1. The molecule has 0 aliphatic carbocycles. The van der Waals surface area contributed by atoms with Crippen LogP contribution in [0.15, 0.2) is 36.9 Å². The zero-order valence-corrected chi connectivity index (χ0v) is 11.6. The summed E-state index contributed by atoms with van der Waals surface area (Å²) in [6, 6.07) is 6.36. The van der Waals surface area contributed by atoms with Gasteiger partial charge in [0.2, 0.25) is 0 Å². The summed E-state index contributed by atoms with van der Waals surface area (Å²) in [5.74, 6) is 1.68. The molecule has 0 spiro atoms. The Labute approximate surface area is 118 Å². The molecule has 3 rings (SSSR count). The van der Waals surface area contributed by atoms with Crippen LogP contribution in [0.3, 0.4) is 0 Å². The molecule has 0 saturated heterocycles. The van der Waals surface area contributed by atoms with Crippen molar-refractivity contribution in [2.45, 2.75) is 19.0 Å². The summed E-state index contributed by atoms with van der Waals surface area (Å²) >= 11 is 0. The van der Waals surface area contributed by atoms with Gasteiger partial charge in [0, 0.05) is 25.4 Å². The highest BCUT2D eigenvalue weighted by Crippen LogP contribution is 2.32. The van der Waals surface area contributed by atoms with Crippen LogP contribution in [0.2, 0.25) is 0 Å². The van der Waals surface area contributed by atoms with Gasteiger partial charge >= 0.3 is 0 Å². The maximum Gasteiger partial charge on any atom is 0.161 e. The fraction of sp³-hybridized carbons (Fsp3) is 0.400. The Morgan fingerprint density at radius 1 is 1.30 bits per heavy atom.